The Labute approximate surface area is 113 Å². The molecule has 2 aromatic heterocycles. The Morgan fingerprint density at radius 1 is 1.45 bits per heavy atom. The molecular formula is C12H15N5O3. The number of H-pyrrole nitrogens is 2. The van der Waals surface area contributed by atoms with Crippen molar-refractivity contribution in [1.82, 2.24) is 20.3 Å². The maximum absolute atomic E-state index is 12.0. The van der Waals surface area contributed by atoms with E-state index in [2.05, 4.69) is 20.3 Å². The van der Waals surface area contributed by atoms with Gasteiger partial charge in [-0.3, -0.25) is 19.6 Å². The molecule has 1 amide bonds. The molecule has 20 heavy (non-hydrogen) atoms. The van der Waals surface area contributed by atoms with Gasteiger partial charge in [0.05, 0.1) is 5.39 Å². The summed E-state index contributed by atoms with van der Waals surface area (Å²) in [7, 11) is 0. The van der Waals surface area contributed by atoms with Crippen LogP contribution in [0.1, 0.15) is 23.0 Å². The fourth-order valence-corrected chi connectivity index (χ4v) is 1.83. The maximum Gasteiger partial charge on any atom is 0.327 e. The number of aromatic amines is 2. The van der Waals surface area contributed by atoms with Gasteiger partial charge in [-0.05, 0) is 25.5 Å². The van der Waals surface area contributed by atoms with Crippen molar-refractivity contribution in [1.29, 1.82) is 0 Å². The van der Waals surface area contributed by atoms with Gasteiger partial charge >= 0.3 is 5.69 Å². The Morgan fingerprint density at radius 2 is 2.15 bits per heavy atom. The third-order valence-electron chi connectivity index (χ3n) is 2.87. The average Bonchev–Trinajstić information content (AvgIpc) is 2.36. The Balaban J connectivity index is 2.55. The van der Waals surface area contributed by atoms with E-state index in [4.69, 9.17) is 5.73 Å². The third-order valence-corrected chi connectivity index (χ3v) is 2.87. The fourth-order valence-electron chi connectivity index (χ4n) is 1.83. The van der Waals surface area contributed by atoms with Crippen LogP contribution >= 0.6 is 0 Å². The third kappa shape index (κ3) is 2.59. The lowest BCUT2D eigenvalue weighted by molar-refractivity contribution is 0.0936. The van der Waals surface area contributed by atoms with Crippen LogP contribution in [-0.4, -0.2) is 33.4 Å². The normalized spacial score (nSPS) is 12.3. The second-order valence-electron chi connectivity index (χ2n) is 4.57. The number of aryl methyl sites for hydroxylation is 1. The lowest BCUT2D eigenvalue weighted by Crippen LogP contribution is -2.38. The number of amides is 1. The van der Waals surface area contributed by atoms with Crippen LogP contribution in [0.15, 0.2) is 15.7 Å². The van der Waals surface area contributed by atoms with Gasteiger partial charge in [-0.1, -0.05) is 0 Å². The molecule has 2 heterocycles. The zero-order valence-electron chi connectivity index (χ0n) is 11.1. The number of fused-ring (bicyclic) bond motifs is 1. The number of carbonyl (C=O) groups excluding carboxylic acids is 1. The molecular weight excluding hydrogens is 262 g/mol. The summed E-state index contributed by atoms with van der Waals surface area (Å²) in [6, 6.07) is 1.30. The molecule has 0 saturated heterocycles. The van der Waals surface area contributed by atoms with Crippen molar-refractivity contribution in [2.45, 2.75) is 19.9 Å². The van der Waals surface area contributed by atoms with Crippen molar-refractivity contribution in [2.75, 3.05) is 6.54 Å². The summed E-state index contributed by atoms with van der Waals surface area (Å²) < 4.78 is 0. The van der Waals surface area contributed by atoms with Gasteiger partial charge in [-0.25, -0.2) is 9.78 Å². The standard InChI is InChI=1S/C12H15N5O3/c1-5-3-7(10(18)14-6(2)4-13)15-9-8(5)11(19)17-12(20)16-9/h3,6H,4,13H2,1-2H3,(H,14,18)(H2,15,16,17,19,20)/t6-/m0/s1. The Hall–Kier alpha value is -2.48. The van der Waals surface area contributed by atoms with Gasteiger partial charge in [0, 0.05) is 12.6 Å². The van der Waals surface area contributed by atoms with Gasteiger partial charge in [0.15, 0.2) is 0 Å². The first-order valence-corrected chi connectivity index (χ1v) is 6.07. The van der Waals surface area contributed by atoms with Crippen LogP contribution in [0.2, 0.25) is 0 Å². The zero-order chi connectivity index (χ0) is 14.9. The highest BCUT2D eigenvalue weighted by Gasteiger charge is 2.14. The van der Waals surface area contributed by atoms with Crippen LogP contribution in [0.3, 0.4) is 0 Å². The minimum Gasteiger partial charge on any atom is -0.347 e. The molecule has 2 aromatic rings. The van der Waals surface area contributed by atoms with Crippen LogP contribution in [0.5, 0.6) is 0 Å². The summed E-state index contributed by atoms with van der Waals surface area (Å²) in [5.74, 6) is -0.408. The number of hydrogen-bond acceptors (Lipinski definition) is 5. The molecule has 0 bridgehead atoms. The SMILES string of the molecule is Cc1cc(C(=O)N[C@@H](C)CN)nc2[nH]c(=O)[nH]c(=O)c12. The van der Waals surface area contributed by atoms with Gasteiger partial charge in [-0.15, -0.1) is 0 Å². The molecule has 8 heteroatoms. The van der Waals surface area contributed by atoms with E-state index >= 15 is 0 Å². The van der Waals surface area contributed by atoms with Crippen molar-refractivity contribution in [3.05, 3.63) is 38.2 Å². The molecule has 0 fully saturated rings. The highest BCUT2D eigenvalue weighted by atomic mass is 16.2. The molecule has 0 aliphatic carbocycles. The molecule has 8 nitrogen and oxygen atoms in total. The van der Waals surface area contributed by atoms with E-state index in [1.165, 1.54) is 6.07 Å². The molecule has 2 rings (SSSR count). The number of nitrogens with one attached hydrogen (secondary N) is 3. The number of pyridine rings is 1. The summed E-state index contributed by atoms with van der Waals surface area (Å²) in [6.07, 6.45) is 0. The van der Waals surface area contributed by atoms with E-state index in [-0.39, 0.29) is 22.8 Å². The van der Waals surface area contributed by atoms with Crippen molar-refractivity contribution in [3.8, 4) is 0 Å². The van der Waals surface area contributed by atoms with Gasteiger partial charge in [0.25, 0.3) is 11.5 Å². The molecule has 0 saturated carbocycles. The Kier molecular flexibility index (Phi) is 3.66. The fraction of sp³-hybridized carbons (Fsp3) is 0.333. The number of nitrogens with two attached hydrogens (primary N) is 1. The van der Waals surface area contributed by atoms with Gasteiger partial charge in [-0.2, -0.15) is 0 Å². The summed E-state index contributed by atoms with van der Waals surface area (Å²) in [5, 5.41) is 2.92. The van der Waals surface area contributed by atoms with Crippen molar-refractivity contribution in [2.24, 2.45) is 5.73 Å². The van der Waals surface area contributed by atoms with Crippen LogP contribution in [0.25, 0.3) is 11.0 Å². The average molecular weight is 277 g/mol. The minimum atomic E-state index is -0.665. The topological polar surface area (TPSA) is 134 Å². The summed E-state index contributed by atoms with van der Waals surface area (Å²) in [4.78, 5) is 43.5. The highest BCUT2D eigenvalue weighted by Crippen LogP contribution is 2.10. The van der Waals surface area contributed by atoms with Crippen LogP contribution in [0, 0.1) is 6.92 Å². The van der Waals surface area contributed by atoms with E-state index in [9.17, 15) is 14.4 Å². The summed E-state index contributed by atoms with van der Waals surface area (Å²) in [5.41, 5.74) is 5.00. The second kappa shape index (κ2) is 5.25. The predicted molar refractivity (Wildman–Crippen MR) is 73.7 cm³/mol. The molecule has 0 spiro atoms. The molecule has 0 radical (unpaired) electrons. The summed E-state index contributed by atoms with van der Waals surface area (Å²) >= 11 is 0. The Bertz CT molecular complexity index is 777. The first-order chi connectivity index (χ1) is 9.42. The lowest BCUT2D eigenvalue weighted by Gasteiger charge is -2.11. The molecule has 1 atom stereocenters. The van der Waals surface area contributed by atoms with Crippen LogP contribution < -0.4 is 22.3 Å². The van der Waals surface area contributed by atoms with Crippen molar-refractivity contribution >= 4 is 16.9 Å². The van der Waals surface area contributed by atoms with E-state index in [1.54, 1.807) is 13.8 Å². The molecule has 5 N–H and O–H groups in total. The number of carbonyl (C=O) groups is 1. The van der Waals surface area contributed by atoms with E-state index < -0.39 is 17.2 Å². The van der Waals surface area contributed by atoms with Crippen molar-refractivity contribution < 1.29 is 4.79 Å². The molecule has 0 aliphatic rings. The predicted octanol–water partition coefficient (Wildman–Crippen LogP) is -1.00. The lowest BCUT2D eigenvalue weighted by atomic mass is 10.1. The largest absolute Gasteiger partial charge is 0.347 e. The van der Waals surface area contributed by atoms with Crippen molar-refractivity contribution in [3.63, 3.8) is 0 Å². The van der Waals surface area contributed by atoms with E-state index in [0.29, 0.717) is 12.1 Å². The first-order valence-electron chi connectivity index (χ1n) is 6.07. The number of aromatic nitrogens is 3. The zero-order valence-corrected chi connectivity index (χ0v) is 11.1. The van der Waals surface area contributed by atoms with Gasteiger partial charge in [0.2, 0.25) is 0 Å². The minimum absolute atomic E-state index is 0.0873. The summed E-state index contributed by atoms with van der Waals surface area (Å²) in [6.45, 7) is 3.73. The molecule has 106 valence electrons. The Morgan fingerprint density at radius 3 is 2.80 bits per heavy atom. The van der Waals surface area contributed by atoms with E-state index in [1.807, 2.05) is 0 Å². The highest BCUT2D eigenvalue weighted by molar-refractivity contribution is 5.95. The van der Waals surface area contributed by atoms with Crippen LogP contribution in [-0.2, 0) is 0 Å². The molecule has 0 unspecified atom stereocenters. The molecule has 0 aromatic carbocycles. The quantitative estimate of drug-likeness (QED) is 0.570. The smallest absolute Gasteiger partial charge is 0.327 e. The number of rotatable bonds is 3. The maximum atomic E-state index is 12.0. The monoisotopic (exact) mass is 277 g/mol. The number of nitrogens with zero attached hydrogens (tertiary/aromatic N) is 1. The van der Waals surface area contributed by atoms with Crippen LogP contribution in [0.4, 0.5) is 0 Å². The van der Waals surface area contributed by atoms with E-state index in [0.717, 1.165) is 0 Å². The number of hydrogen-bond donors (Lipinski definition) is 4. The van der Waals surface area contributed by atoms with Gasteiger partial charge in [0.1, 0.15) is 11.3 Å². The molecule has 0 aliphatic heterocycles. The van der Waals surface area contributed by atoms with Gasteiger partial charge < -0.3 is 11.1 Å². The first kappa shape index (κ1) is 13.9. The second-order valence-corrected chi connectivity index (χ2v) is 4.57.